The van der Waals surface area contributed by atoms with Crippen LogP contribution in [0.5, 0.6) is 0 Å². The first-order chi connectivity index (χ1) is 6.31. The van der Waals surface area contributed by atoms with E-state index in [4.69, 9.17) is 0 Å². The lowest BCUT2D eigenvalue weighted by molar-refractivity contribution is -0.105. The Morgan fingerprint density at radius 2 is 2.46 bits per heavy atom. The van der Waals surface area contributed by atoms with Crippen LogP contribution in [0.3, 0.4) is 0 Å². The molecule has 0 unspecified atom stereocenters. The summed E-state index contributed by atoms with van der Waals surface area (Å²) in [4.78, 5) is 14.2. The minimum Gasteiger partial charge on any atom is -0.327 e. The quantitative estimate of drug-likeness (QED) is 0.666. The first-order valence-corrected chi connectivity index (χ1v) is 3.82. The van der Waals surface area contributed by atoms with Crippen molar-refractivity contribution in [3.63, 3.8) is 0 Å². The molecule has 0 aromatic carbocycles. The second kappa shape index (κ2) is 2.85. The van der Waals surface area contributed by atoms with Crippen molar-refractivity contribution in [2.75, 3.05) is 5.32 Å². The number of anilines is 1. The summed E-state index contributed by atoms with van der Waals surface area (Å²) in [5.41, 5.74) is 2.28. The molecule has 5 nitrogen and oxygen atoms in total. The van der Waals surface area contributed by atoms with Crippen LogP contribution >= 0.6 is 0 Å². The Hall–Kier alpha value is -1.91. The summed E-state index contributed by atoms with van der Waals surface area (Å²) in [5.74, 6) is 0. The number of pyridine rings is 1. The van der Waals surface area contributed by atoms with Crippen molar-refractivity contribution in [2.45, 2.75) is 6.92 Å². The Labute approximate surface area is 74.2 Å². The average molecular weight is 176 g/mol. The zero-order valence-corrected chi connectivity index (χ0v) is 7.03. The van der Waals surface area contributed by atoms with E-state index in [0.29, 0.717) is 17.7 Å². The number of H-pyrrole nitrogens is 1. The molecule has 0 bridgehead atoms. The molecule has 13 heavy (non-hydrogen) atoms. The van der Waals surface area contributed by atoms with E-state index in [-0.39, 0.29) is 0 Å². The number of aromatic nitrogens is 3. The smallest absolute Gasteiger partial charge is 0.211 e. The van der Waals surface area contributed by atoms with Crippen molar-refractivity contribution in [3.8, 4) is 0 Å². The van der Waals surface area contributed by atoms with E-state index in [0.717, 1.165) is 11.1 Å². The van der Waals surface area contributed by atoms with Crippen molar-refractivity contribution in [1.82, 2.24) is 15.2 Å². The third-order valence-corrected chi connectivity index (χ3v) is 1.83. The van der Waals surface area contributed by atoms with E-state index in [9.17, 15) is 4.79 Å². The SMILES string of the molecule is Cc1[nH]nc2ncc(NC=O)cc12. The van der Waals surface area contributed by atoms with E-state index in [1.165, 1.54) is 0 Å². The first kappa shape index (κ1) is 7.72. The van der Waals surface area contributed by atoms with Gasteiger partial charge in [0.1, 0.15) is 0 Å². The molecule has 0 fully saturated rings. The molecule has 0 aliphatic rings. The fraction of sp³-hybridized carbons (Fsp3) is 0.125. The number of carbonyl (C=O) groups excluding carboxylic acids is 1. The Morgan fingerprint density at radius 3 is 3.23 bits per heavy atom. The minimum absolute atomic E-state index is 0.623. The molecule has 0 aliphatic heterocycles. The van der Waals surface area contributed by atoms with Gasteiger partial charge >= 0.3 is 0 Å². The highest BCUT2D eigenvalue weighted by Crippen LogP contribution is 2.16. The van der Waals surface area contributed by atoms with E-state index in [1.807, 2.05) is 13.0 Å². The fourth-order valence-electron chi connectivity index (χ4n) is 1.17. The summed E-state index contributed by atoms with van der Waals surface area (Å²) in [6, 6.07) is 1.83. The minimum atomic E-state index is 0.623. The third-order valence-electron chi connectivity index (χ3n) is 1.83. The molecule has 0 aliphatic carbocycles. The number of nitrogens with one attached hydrogen (secondary N) is 2. The molecule has 0 atom stereocenters. The fourth-order valence-corrected chi connectivity index (χ4v) is 1.17. The van der Waals surface area contributed by atoms with Crippen LogP contribution in [-0.4, -0.2) is 21.6 Å². The van der Waals surface area contributed by atoms with E-state index in [1.54, 1.807) is 6.20 Å². The molecule has 0 spiro atoms. The Morgan fingerprint density at radius 1 is 1.62 bits per heavy atom. The molecule has 2 heterocycles. The number of hydrogen-bond acceptors (Lipinski definition) is 3. The molecule has 2 aromatic heterocycles. The van der Waals surface area contributed by atoms with Crippen molar-refractivity contribution < 1.29 is 4.79 Å². The second-order valence-corrected chi connectivity index (χ2v) is 2.71. The van der Waals surface area contributed by atoms with Crippen molar-refractivity contribution in [3.05, 3.63) is 18.0 Å². The van der Waals surface area contributed by atoms with Crippen LogP contribution in [-0.2, 0) is 4.79 Å². The van der Waals surface area contributed by atoms with Gasteiger partial charge in [-0.3, -0.25) is 9.89 Å². The lowest BCUT2D eigenvalue weighted by Gasteiger charge is -1.96. The monoisotopic (exact) mass is 176 g/mol. The zero-order valence-electron chi connectivity index (χ0n) is 7.03. The van der Waals surface area contributed by atoms with Gasteiger partial charge in [-0.2, -0.15) is 5.10 Å². The molecule has 5 heteroatoms. The lowest BCUT2D eigenvalue weighted by Crippen LogP contribution is -1.93. The van der Waals surface area contributed by atoms with Crippen LogP contribution in [0.4, 0.5) is 5.69 Å². The predicted molar refractivity (Wildman–Crippen MR) is 48.3 cm³/mol. The molecular formula is C8H8N4O. The van der Waals surface area contributed by atoms with Crippen LogP contribution in [0.2, 0.25) is 0 Å². The summed E-state index contributed by atoms with van der Waals surface area (Å²) < 4.78 is 0. The number of fused-ring (bicyclic) bond motifs is 1. The van der Waals surface area contributed by atoms with Gasteiger partial charge in [-0.15, -0.1) is 0 Å². The van der Waals surface area contributed by atoms with Gasteiger partial charge in [-0.05, 0) is 13.0 Å². The van der Waals surface area contributed by atoms with Crippen LogP contribution in [0.25, 0.3) is 11.0 Å². The maximum atomic E-state index is 10.2. The Kier molecular flexibility index (Phi) is 1.70. The first-order valence-electron chi connectivity index (χ1n) is 3.82. The molecule has 0 radical (unpaired) electrons. The molecule has 2 N–H and O–H groups in total. The highest BCUT2D eigenvalue weighted by atomic mass is 16.1. The van der Waals surface area contributed by atoms with Crippen LogP contribution in [0, 0.1) is 6.92 Å². The number of carbonyl (C=O) groups is 1. The topological polar surface area (TPSA) is 70.7 Å². The van der Waals surface area contributed by atoms with Gasteiger partial charge in [0.15, 0.2) is 5.65 Å². The van der Waals surface area contributed by atoms with Gasteiger partial charge < -0.3 is 5.32 Å². The van der Waals surface area contributed by atoms with Crippen LogP contribution < -0.4 is 5.32 Å². The summed E-state index contributed by atoms with van der Waals surface area (Å²) in [6.07, 6.45) is 2.19. The van der Waals surface area contributed by atoms with Crippen molar-refractivity contribution in [2.24, 2.45) is 0 Å². The van der Waals surface area contributed by atoms with E-state index < -0.39 is 0 Å². The van der Waals surface area contributed by atoms with Crippen LogP contribution in [0.15, 0.2) is 12.3 Å². The number of aryl methyl sites for hydroxylation is 1. The Balaban J connectivity index is 2.58. The maximum Gasteiger partial charge on any atom is 0.211 e. The van der Waals surface area contributed by atoms with E-state index in [2.05, 4.69) is 20.5 Å². The Bertz CT molecular complexity index is 448. The third kappa shape index (κ3) is 1.24. The molecule has 66 valence electrons. The van der Waals surface area contributed by atoms with Crippen molar-refractivity contribution >= 4 is 23.1 Å². The highest BCUT2D eigenvalue weighted by molar-refractivity contribution is 5.83. The molecule has 0 saturated carbocycles. The zero-order chi connectivity index (χ0) is 9.26. The summed E-state index contributed by atoms with van der Waals surface area (Å²) in [5, 5.41) is 10.2. The molecule has 2 rings (SSSR count). The number of hydrogen-bond donors (Lipinski definition) is 2. The molecule has 1 amide bonds. The largest absolute Gasteiger partial charge is 0.327 e. The van der Waals surface area contributed by atoms with Gasteiger partial charge in [0, 0.05) is 11.1 Å². The molecular weight excluding hydrogens is 168 g/mol. The lowest BCUT2D eigenvalue weighted by atomic mass is 10.2. The summed E-state index contributed by atoms with van der Waals surface area (Å²) >= 11 is 0. The van der Waals surface area contributed by atoms with Gasteiger partial charge in [0.05, 0.1) is 11.9 Å². The predicted octanol–water partition coefficient (Wildman–Crippen LogP) is 0.835. The van der Waals surface area contributed by atoms with Gasteiger partial charge in [-0.25, -0.2) is 4.98 Å². The van der Waals surface area contributed by atoms with E-state index >= 15 is 0 Å². The highest BCUT2D eigenvalue weighted by Gasteiger charge is 2.02. The average Bonchev–Trinajstić information content (AvgIpc) is 2.49. The van der Waals surface area contributed by atoms with Gasteiger partial charge in [0.2, 0.25) is 6.41 Å². The maximum absolute atomic E-state index is 10.2. The summed E-state index contributed by atoms with van der Waals surface area (Å²) in [7, 11) is 0. The number of nitrogens with zero attached hydrogens (tertiary/aromatic N) is 2. The number of aromatic amines is 1. The normalized spacial score (nSPS) is 10.2. The molecule has 2 aromatic rings. The second-order valence-electron chi connectivity index (χ2n) is 2.71. The van der Waals surface area contributed by atoms with Gasteiger partial charge in [-0.1, -0.05) is 0 Å². The summed E-state index contributed by atoms with van der Waals surface area (Å²) in [6.45, 7) is 1.90. The number of rotatable bonds is 2. The van der Waals surface area contributed by atoms with Crippen LogP contribution in [0.1, 0.15) is 5.69 Å². The number of amides is 1. The molecule has 0 saturated heterocycles. The van der Waals surface area contributed by atoms with Gasteiger partial charge in [0.25, 0.3) is 0 Å². The standard InChI is InChI=1S/C8H8N4O/c1-5-7-2-6(10-4-13)3-9-8(7)12-11-5/h2-4H,1H3,(H,10,13)(H,9,11,12). The van der Waals surface area contributed by atoms with Crippen molar-refractivity contribution in [1.29, 1.82) is 0 Å².